The summed E-state index contributed by atoms with van der Waals surface area (Å²) in [5, 5.41) is 36.4. The molecule has 5 nitrogen and oxygen atoms in total. The Morgan fingerprint density at radius 2 is 1.91 bits per heavy atom. The van der Waals surface area contributed by atoms with Crippen LogP contribution in [0.1, 0.15) is 23.1 Å². The number of aromatic nitrogens is 1. The maximum absolute atomic E-state index is 9.56. The van der Waals surface area contributed by atoms with E-state index >= 15 is 0 Å². The number of aliphatic hydroxyl groups is 1. The summed E-state index contributed by atoms with van der Waals surface area (Å²) in [5.41, 5.74) is 2.14. The number of thiazole rings is 1. The maximum Gasteiger partial charge on any atom is 0.149 e. The second-order valence-corrected chi connectivity index (χ2v) is 5.87. The first-order chi connectivity index (χ1) is 10.7. The van der Waals surface area contributed by atoms with Crippen molar-refractivity contribution in [1.82, 2.24) is 4.40 Å². The molecule has 0 aliphatic rings. The first kappa shape index (κ1) is 14.3. The van der Waals surface area contributed by atoms with Crippen molar-refractivity contribution < 1.29 is 5.11 Å². The van der Waals surface area contributed by atoms with Crippen molar-refractivity contribution in [2.24, 2.45) is 0 Å². The predicted molar refractivity (Wildman–Crippen MR) is 83.5 cm³/mol. The highest BCUT2D eigenvalue weighted by molar-refractivity contribution is 7.24. The molecule has 2 aromatic heterocycles. The molecule has 0 unspecified atom stereocenters. The van der Waals surface area contributed by atoms with Crippen molar-refractivity contribution in [2.45, 2.75) is 12.8 Å². The van der Waals surface area contributed by atoms with E-state index in [2.05, 4.69) is 12.1 Å². The molecule has 2 N–H and O–H groups in total. The molecule has 0 saturated heterocycles. The van der Waals surface area contributed by atoms with E-state index in [9.17, 15) is 10.5 Å². The molecule has 1 aromatic carbocycles. The zero-order chi connectivity index (χ0) is 15.7. The lowest BCUT2D eigenvalue weighted by Gasteiger charge is -2.08. The Morgan fingerprint density at radius 1 is 1.18 bits per heavy atom. The van der Waals surface area contributed by atoms with Crippen LogP contribution in [0.2, 0.25) is 0 Å². The molecule has 2 heterocycles. The van der Waals surface area contributed by atoms with Crippen molar-refractivity contribution in [1.29, 1.82) is 15.9 Å². The molecule has 108 valence electrons. The van der Waals surface area contributed by atoms with Crippen molar-refractivity contribution in [3.05, 3.63) is 46.4 Å². The molecule has 3 aromatic rings. The third-order valence-corrected chi connectivity index (χ3v) is 4.75. The fourth-order valence-electron chi connectivity index (χ4n) is 2.62. The van der Waals surface area contributed by atoms with Crippen LogP contribution in [0.25, 0.3) is 15.0 Å². The molecular weight excluding hydrogens is 296 g/mol. The summed E-state index contributed by atoms with van der Waals surface area (Å²) in [6.07, 6.45) is 0.878. The van der Waals surface area contributed by atoms with Crippen molar-refractivity contribution >= 4 is 26.4 Å². The van der Waals surface area contributed by atoms with E-state index in [-0.39, 0.29) is 17.7 Å². The molecule has 0 atom stereocenters. The van der Waals surface area contributed by atoms with Gasteiger partial charge in [0.2, 0.25) is 0 Å². The average molecular weight is 308 g/mol. The zero-order valence-corrected chi connectivity index (χ0v) is 12.4. The lowest BCUT2D eigenvalue weighted by atomic mass is 10.0. The van der Waals surface area contributed by atoms with Gasteiger partial charge in [0.05, 0.1) is 21.3 Å². The number of benzene rings is 1. The molecule has 0 fully saturated rings. The summed E-state index contributed by atoms with van der Waals surface area (Å²) < 4.78 is 2.63. The Labute approximate surface area is 130 Å². The van der Waals surface area contributed by atoms with Gasteiger partial charge in [0.1, 0.15) is 22.5 Å². The van der Waals surface area contributed by atoms with E-state index < -0.39 is 0 Å². The van der Waals surface area contributed by atoms with Gasteiger partial charge in [-0.1, -0.05) is 12.1 Å². The number of nitrogens with zero attached hydrogens (tertiary/aromatic N) is 3. The first-order valence-electron chi connectivity index (χ1n) is 6.77. The molecule has 0 bridgehead atoms. The lowest BCUT2D eigenvalue weighted by Crippen LogP contribution is -2.20. The largest absolute Gasteiger partial charge is 0.396 e. The van der Waals surface area contributed by atoms with E-state index in [1.807, 2.05) is 24.3 Å². The van der Waals surface area contributed by atoms with Crippen LogP contribution >= 0.6 is 11.3 Å². The Balaban J connectivity index is 2.52. The normalized spacial score (nSPS) is 10.7. The average Bonchev–Trinajstić information content (AvgIpc) is 2.92. The van der Waals surface area contributed by atoms with E-state index in [1.165, 1.54) is 11.3 Å². The number of rotatable bonds is 3. The Kier molecular flexibility index (Phi) is 3.64. The van der Waals surface area contributed by atoms with E-state index in [1.54, 1.807) is 4.40 Å². The number of nitriles is 2. The van der Waals surface area contributed by atoms with Crippen LogP contribution in [0.15, 0.2) is 24.3 Å². The third kappa shape index (κ3) is 1.98. The summed E-state index contributed by atoms with van der Waals surface area (Å²) >= 11 is 1.44. The van der Waals surface area contributed by atoms with Gasteiger partial charge in [-0.15, -0.1) is 11.3 Å². The molecule has 3 rings (SSSR count). The standard InChI is InChI=1S/C16H12N4OS/c17-8-11-10(4-3-7-21)12(9-18)16-20(15(11)19)13-5-1-2-6-14(13)22-16/h1-2,5-6,19,21H,3-4,7H2. The topological polar surface area (TPSA) is 96.1 Å². The van der Waals surface area contributed by atoms with E-state index in [0.29, 0.717) is 28.8 Å². The number of pyridine rings is 1. The molecule has 0 aliphatic heterocycles. The Hall–Kier alpha value is -2.67. The number of hydrogen-bond donors (Lipinski definition) is 2. The van der Waals surface area contributed by atoms with Gasteiger partial charge >= 0.3 is 0 Å². The van der Waals surface area contributed by atoms with Crippen LogP contribution in [0.3, 0.4) is 0 Å². The summed E-state index contributed by atoms with van der Waals surface area (Å²) in [6.45, 7) is -0.0132. The highest BCUT2D eigenvalue weighted by Gasteiger charge is 2.19. The van der Waals surface area contributed by atoms with Crippen molar-refractivity contribution in [3.63, 3.8) is 0 Å². The molecule has 0 aliphatic carbocycles. The molecule has 0 radical (unpaired) electrons. The number of hydrogen-bond acceptors (Lipinski definition) is 5. The van der Waals surface area contributed by atoms with Gasteiger partial charge in [-0.25, -0.2) is 0 Å². The van der Waals surface area contributed by atoms with Crippen LogP contribution in [-0.4, -0.2) is 16.1 Å². The third-order valence-electron chi connectivity index (χ3n) is 3.60. The molecule has 0 spiro atoms. The van der Waals surface area contributed by atoms with Crippen molar-refractivity contribution in [2.75, 3.05) is 6.61 Å². The molecular formula is C16H12N4OS. The summed E-state index contributed by atoms with van der Waals surface area (Å²) in [7, 11) is 0. The highest BCUT2D eigenvalue weighted by Crippen LogP contribution is 2.30. The fourth-order valence-corrected chi connectivity index (χ4v) is 3.79. The van der Waals surface area contributed by atoms with Crippen LogP contribution < -0.4 is 5.49 Å². The summed E-state index contributed by atoms with van der Waals surface area (Å²) in [4.78, 5) is 0.681. The van der Waals surface area contributed by atoms with Gasteiger partial charge in [-0.05, 0) is 30.5 Å². The van der Waals surface area contributed by atoms with Gasteiger partial charge in [0.15, 0.2) is 0 Å². The fraction of sp³-hybridized carbons (Fsp3) is 0.188. The van der Waals surface area contributed by atoms with Crippen LogP contribution in [0, 0.1) is 28.1 Å². The summed E-state index contributed by atoms with van der Waals surface area (Å²) in [6, 6.07) is 11.8. The molecule has 22 heavy (non-hydrogen) atoms. The second kappa shape index (κ2) is 5.61. The van der Waals surface area contributed by atoms with Gasteiger partial charge in [-0.3, -0.25) is 9.81 Å². The minimum atomic E-state index is -0.0132. The minimum Gasteiger partial charge on any atom is -0.396 e. The molecule has 6 heteroatoms. The van der Waals surface area contributed by atoms with Crippen molar-refractivity contribution in [3.8, 4) is 12.1 Å². The Morgan fingerprint density at radius 3 is 2.59 bits per heavy atom. The van der Waals surface area contributed by atoms with E-state index in [4.69, 9.17) is 10.5 Å². The smallest absolute Gasteiger partial charge is 0.149 e. The van der Waals surface area contributed by atoms with Gasteiger partial charge in [-0.2, -0.15) is 10.5 Å². The molecule has 0 saturated carbocycles. The van der Waals surface area contributed by atoms with Crippen LogP contribution in [0.4, 0.5) is 0 Å². The quantitative estimate of drug-likeness (QED) is 0.777. The first-order valence-corrected chi connectivity index (χ1v) is 7.59. The minimum absolute atomic E-state index is 0.0132. The second-order valence-electron chi connectivity index (χ2n) is 4.84. The van der Waals surface area contributed by atoms with Crippen LogP contribution in [-0.2, 0) is 6.42 Å². The van der Waals surface area contributed by atoms with Crippen LogP contribution in [0.5, 0.6) is 0 Å². The SMILES string of the molecule is N#Cc1c(CCCO)c(C#N)c2sc3ccccc3n2c1=N. The lowest BCUT2D eigenvalue weighted by molar-refractivity contribution is 0.288. The van der Waals surface area contributed by atoms with Gasteiger partial charge in [0, 0.05) is 6.61 Å². The predicted octanol–water partition coefficient (Wildman–Crippen LogP) is 2.30. The number of para-hydroxylation sites is 1. The zero-order valence-electron chi connectivity index (χ0n) is 11.6. The summed E-state index contributed by atoms with van der Waals surface area (Å²) in [5.74, 6) is 0. The van der Waals surface area contributed by atoms with Gasteiger partial charge < -0.3 is 5.11 Å². The number of aliphatic hydroxyl groups excluding tert-OH is 1. The molecule has 0 amide bonds. The maximum atomic E-state index is 9.56. The Bertz CT molecular complexity index is 1020. The number of fused-ring (bicyclic) bond motifs is 3. The van der Waals surface area contributed by atoms with Gasteiger partial charge in [0.25, 0.3) is 0 Å². The highest BCUT2D eigenvalue weighted by atomic mass is 32.1. The number of nitrogens with one attached hydrogen (secondary N) is 1. The monoisotopic (exact) mass is 308 g/mol. The van der Waals surface area contributed by atoms with E-state index in [0.717, 1.165) is 10.2 Å².